The third-order valence-electron chi connectivity index (χ3n) is 4.66. The Labute approximate surface area is 192 Å². The van der Waals surface area contributed by atoms with Crippen LogP contribution in [0.1, 0.15) is 10.4 Å². The van der Waals surface area contributed by atoms with Gasteiger partial charge in [0.05, 0.1) is 5.69 Å². The zero-order valence-electron chi connectivity index (χ0n) is 16.7. The number of carbonyl (C=O) groups is 3. The normalized spacial score (nSPS) is 14.9. The number of halogens is 2. The second kappa shape index (κ2) is 9.09. The maximum Gasteiger partial charge on any atom is 0.270 e. The van der Waals surface area contributed by atoms with E-state index in [9.17, 15) is 23.2 Å². The predicted octanol–water partition coefficient (Wildman–Crippen LogP) is 4.31. The Hall–Kier alpha value is -4.24. The van der Waals surface area contributed by atoms with Crippen LogP contribution in [0.2, 0.25) is 0 Å². The molecular formula is C24H14F2N2O4S. The fourth-order valence-corrected chi connectivity index (χ4v) is 3.32. The lowest BCUT2D eigenvalue weighted by Gasteiger charge is -2.28. The summed E-state index contributed by atoms with van der Waals surface area (Å²) >= 11 is 5.13. The molecule has 164 valence electrons. The Kier molecular flexibility index (Phi) is 6.05. The van der Waals surface area contributed by atoms with Crippen molar-refractivity contribution in [1.82, 2.24) is 5.32 Å². The van der Waals surface area contributed by atoms with E-state index in [0.717, 1.165) is 23.1 Å². The van der Waals surface area contributed by atoms with Crippen molar-refractivity contribution in [1.29, 1.82) is 0 Å². The number of thiocarbonyl (C=S) groups is 1. The first-order valence-corrected chi connectivity index (χ1v) is 9.98. The molecule has 0 unspecified atom stereocenters. The van der Waals surface area contributed by atoms with E-state index in [4.69, 9.17) is 17.0 Å². The van der Waals surface area contributed by atoms with Crippen LogP contribution < -0.4 is 15.0 Å². The van der Waals surface area contributed by atoms with E-state index in [1.165, 1.54) is 0 Å². The van der Waals surface area contributed by atoms with Crippen molar-refractivity contribution in [2.24, 2.45) is 0 Å². The SMILES string of the molecule is O=C1NC(=S)N(c2ccc(Oc3ccccc3)cc2)C(=O)/C1=C\C(=O)c1ccc(F)c(F)c1. The zero-order valence-corrected chi connectivity index (χ0v) is 17.6. The van der Waals surface area contributed by atoms with Gasteiger partial charge in [-0.1, -0.05) is 18.2 Å². The van der Waals surface area contributed by atoms with Gasteiger partial charge in [-0.25, -0.2) is 8.78 Å². The van der Waals surface area contributed by atoms with E-state index in [2.05, 4.69) is 5.32 Å². The maximum atomic E-state index is 13.4. The van der Waals surface area contributed by atoms with Crippen LogP contribution in [0.4, 0.5) is 14.5 Å². The number of rotatable bonds is 5. The van der Waals surface area contributed by atoms with Gasteiger partial charge in [0.15, 0.2) is 22.5 Å². The topological polar surface area (TPSA) is 75.7 Å². The molecule has 0 bridgehead atoms. The van der Waals surface area contributed by atoms with E-state index in [1.807, 2.05) is 18.2 Å². The summed E-state index contributed by atoms with van der Waals surface area (Å²) in [7, 11) is 0. The molecule has 1 aliphatic heterocycles. The Bertz CT molecular complexity index is 1310. The molecule has 4 rings (SSSR count). The lowest BCUT2D eigenvalue weighted by molar-refractivity contribution is -0.122. The van der Waals surface area contributed by atoms with E-state index < -0.39 is 34.8 Å². The molecule has 33 heavy (non-hydrogen) atoms. The van der Waals surface area contributed by atoms with Crippen LogP contribution in [-0.4, -0.2) is 22.7 Å². The van der Waals surface area contributed by atoms with Crippen LogP contribution >= 0.6 is 12.2 Å². The minimum Gasteiger partial charge on any atom is -0.457 e. The molecule has 2 amide bonds. The highest BCUT2D eigenvalue weighted by molar-refractivity contribution is 7.80. The van der Waals surface area contributed by atoms with E-state index in [1.54, 1.807) is 36.4 Å². The molecule has 0 saturated carbocycles. The standard InChI is InChI=1S/C24H14F2N2O4S/c25-19-11-6-14(12-20(19)26)21(29)13-18-22(30)27-24(33)28(23(18)31)15-7-9-17(10-8-15)32-16-4-2-1-3-5-16/h1-13H,(H,27,30,33)/b18-13-. The lowest BCUT2D eigenvalue weighted by Crippen LogP contribution is -2.54. The molecule has 1 heterocycles. The third kappa shape index (κ3) is 4.68. The number of carbonyl (C=O) groups excluding carboxylic acids is 3. The average Bonchev–Trinajstić information content (AvgIpc) is 2.80. The first kappa shape index (κ1) is 22.0. The van der Waals surface area contributed by atoms with Crippen molar-refractivity contribution in [3.8, 4) is 11.5 Å². The quantitative estimate of drug-likeness (QED) is 0.264. The van der Waals surface area contributed by atoms with Crippen LogP contribution in [0.5, 0.6) is 11.5 Å². The summed E-state index contributed by atoms with van der Waals surface area (Å²) in [6.07, 6.45) is 0.770. The number of amides is 2. The van der Waals surface area contributed by atoms with Gasteiger partial charge in [0, 0.05) is 11.6 Å². The highest BCUT2D eigenvalue weighted by atomic mass is 32.1. The molecule has 0 aliphatic carbocycles. The third-order valence-corrected chi connectivity index (χ3v) is 4.94. The van der Waals surface area contributed by atoms with Gasteiger partial charge in [0.2, 0.25) is 0 Å². The van der Waals surface area contributed by atoms with Crippen molar-refractivity contribution in [2.45, 2.75) is 0 Å². The van der Waals surface area contributed by atoms with Gasteiger partial charge in [0.1, 0.15) is 17.1 Å². The Morgan fingerprint density at radius 3 is 2.24 bits per heavy atom. The fourth-order valence-electron chi connectivity index (χ4n) is 3.04. The molecule has 0 aromatic heterocycles. The number of ether oxygens (including phenoxy) is 1. The predicted molar refractivity (Wildman–Crippen MR) is 120 cm³/mol. The van der Waals surface area contributed by atoms with Gasteiger partial charge in [-0.3, -0.25) is 24.6 Å². The minimum atomic E-state index is -1.22. The van der Waals surface area contributed by atoms with Crippen molar-refractivity contribution in [3.05, 3.63) is 102 Å². The number of para-hydroxylation sites is 1. The van der Waals surface area contributed by atoms with Crippen molar-refractivity contribution in [3.63, 3.8) is 0 Å². The summed E-state index contributed by atoms with van der Waals surface area (Å²) in [5, 5.41) is 2.18. The van der Waals surface area contributed by atoms with Crippen LogP contribution in [0, 0.1) is 11.6 Å². The number of hydrogen-bond donors (Lipinski definition) is 1. The van der Waals surface area contributed by atoms with Gasteiger partial charge in [-0.15, -0.1) is 0 Å². The Balaban J connectivity index is 1.59. The summed E-state index contributed by atoms with van der Waals surface area (Å²) < 4.78 is 32.3. The Morgan fingerprint density at radius 1 is 0.909 bits per heavy atom. The summed E-state index contributed by atoms with van der Waals surface area (Å²) in [5.74, 6) is -3.76. The maximum absolute atomic E-state index is 13.4. The van der Waals surface area contributed by atoms with Gasteiger partial charge in [0.25, 0.3) is 11.8 Å². The zero-order chi connectivity index (χ0) is 23.5. The highest BCUT2D eigenvalue weighted by Crippen LogP contribution is 2.26. The van der Waals surface area contributed by atoms with Crippen LogP contribution in [0.25, 0.3) is 0 Å². The first-order chi connectivity index (χ1) is 15.8. The van der Waals surface area contributed by atoms with Crippen LogP contribution in [-0.2, 0) is 9.59 Å². The molecule has 3 aromatic carbocycles. The first-order valence-electron chi connectivity index (χ1n) is 9.57. The van der Waals surface area contributed by atoms with Crippen molar-refractivity contribution >= 4 is 40.6 Å². The lowest BCUT2D eigenvalue weighted by atomic mass is 10.0. The van der Waals surface area contributed by atoms with Crippen LogP contribution in [0.15, 0.2) is 84.4 Å². The van der Waals surface area contributed by atoms with Crippen LogP contribution in [0.3, 0.4) is 0 Å². The number of nitrogens with one attached hydrogen (secondary N) is 1. The fraction of sp³-hybridized carbons (Fsp3) is 0. The second-order valence-electron chi connectivity index (χ2n) is 6.86. The summed E-state index contributed by atoms with van der Waals surface area (Å²) in [6, 6.07) is 18.0. The van der Waals surface area contributed by atoms with Gasteiger partial charge in [-0.05, 0) is 66.8 Å². The summed E-state index contributed by atoms with van der Waals surface area (Å²) in [5.41, 5.74) is -0.386. The van der Waals surface area contributed by atoms with Gasteiger partial charge < -0.3 is 4.74 Å². The molecule has 1 fully saturated rings. The Morgan fingerprint density at radius 2 is 1.58 bits per heavy atom. The highest BCUT2D eigenvalue weighted by Gasteiger charge is 2.35. The molecule has 1 N–H and O–H groups in total. The molecule has 6 nitrogen and oxygen atoms in total. The number of hydrogen-bond acceptors (Lipinski definition) is 5. The average molecular weight is 464 g/mol. The molecule has 9 heteroatoms. The molecule has 3 aromatic rings. The van der Waals surface area contributed by atoms with Crippen molar-refractivity contribution in [2.75, 3.05) is 4.90 Å². The molecule has 1 saturated heterocycles. The van der Waals surface area contributed by atoms with E-state index in [-0.39, 0.29) is 10.7 Å². The smallest absolute Gasteiger partial charge is 0.270 e. The molecule has 1 aliphatic rings. The number of anilines is 1. The number of nitrogens with zero attached hydrogens (tertiary/aromatic N) is 1. The minimum absolute atomic E-state index is 0.167. The molecule has 0 atom stereocenters. The molecule has 0 radical (unpaired) electrons. The summed E-state index contributed by atoms with van der Waals surface area (Å²) in [6.45, 7) is 0. The number of ketones is 1. The molecular weight excluding hydrogens is 450 g/mol. The monoisotopic (exact) mass is 464 g/mol. The van der Waals surface area contributed by atoms with Gasteiger partial charge in [-0.2, -0.15) is 0 Å². The number of benzene rings is 3. The summed E-state index contributed by atoms with van der Waals surface area (Å²) in [4.78, 5) is 38.8. The number of allylic oxidation sites excluding steroid dienone is 1. The largest absolute Gasteiger partial charge is 0.457 e. The van der Waals surface area contributed by atoms with E-state index >= 15 is 0 Å². The van der Waals surface area contributed by atoms with E-state index in [0.29, 0.717) is 23.3 Å². The second-order valence-corrected chi connectivity index (χ2v) is 7.25. The van der Waals surface area contributed by atoms with Crippen molar-refractivity contribution < 1.29 is 27.9 Å². The van der Waals surface area contributed by atoms with Gasteiger partial charge >= 0.3 is 0 Å². The molecule has 0 spiro atoms.